The zero-order valence-corrected chi connectivity index (χ0v) is 14.4. The lowest BCUT2D eigenvalue weighted by Gasteiger charge is -2.42. The van der Waals surface area contributed by atoms with Crippen molar-refractivity contribution >= 4 is 17.7 Å². The molecule has 0 aromatic heterocycles. The minimum absolute atomic E-state index is 0.0789. The molecule has 7 heteroatoms. The lowest BCUT2D eigenvalue weighted by Crippen LogP contribution is -2.55. The average Bonchev–Trinajstić information content (AvgIpc) is 3.34. The maximum absolute atomic E-state index is 12.1. The van der Waals surface area contributed by atoms with Gasteiger partial charge in [-0.25, -0.2) is 4.79 Å². The summed E-state index contributed by atoms with van der Waals surface area (Å²) in [5.74, 6) is 0.479. The number of para-hydroxylation sites is 2. The first-order chi connectivity index (χ1) is 12.0. The topological polar surface area (TPSA) is 90.9 Å². The van der Waals surface area contributed by atoms with E-state index in [9.17, 15) is 9.59 Å². The molecule has 0 heterocycles. The molecular formula is C18H25N3O4. The van der Waals surface area contributed by atoms with Gasteiger partial charge in [-0.15, -0.1) is 0 Å². The summed E-state index contributed by atoms with van der Waals surface area (Å²) in [5.41, 5.74) is 0.625. The molecule has 0 radical (unpaired) electrons. The highest BCUT2D eigenvalue weighted by atomic mass is 16.5. The number of ether oxygens (including phenoxy) is 1. The molecule has 1 aromatic rings. The summed E-state index contributed by atoms with van der Waals surface area (Å²) in [6, 6.07) is 7.31. The minimum Gasteiger partial charge on any atom is -0.495 e. The molecule has 2 amide bonds. The third-order valence-corrected chi connectivity index (χ3v) is 4.85. The fourth-order valence-electron chi connectivity index (χ4n) is 3.24. The maximum Gasteiger partial charge on any atom is 0.319 e. The molecule has 136 valence electrons. The zero-order chi connectivity index (χ0) is 17.8. The molecule has 7 nitrogen and oxygen atoms in total. The zero-order valence-electron chi connectivity index (χ0n) is 14.4. The van der Waals surface area contributed by atoms with Crippen molar-refractivity contribution in [3.63, 3.8) is 0 Å². The van der Waals surface area contributed by atoms with Crippen molar-refractivity contribution in [2.75, 3.05) is 25.5 Å². The molecule has 2 aliphatic rings. The van der Waals surface area contributed by atoms with E-state index in [0.29, 0.717) is 17.4 Å². The van der Waals surface area contributed by atoms with Crippen LogP contribution in [0.4, 0.5) is 10.5 Å². The Balaban J connectivity index is 1.45. The molecule has 2 fully saturated rings. The normalized spacial score (nSPS) is 22.2. The summed E-state index contributed by atoms with van der Waals surface area (Å²) in [6.45, 7) is 0.943. The van der Waals surface area contributed by atoms with Gasteiger partial charge in [-0.05, 0) is 43.7 Å². The second-order valence-electron chi connectivity index (χ2n) is 6.89. The van der Waals surface area contributed by atoms with Crippen molar-refractivity contribution in [3.05, 3.63) is 24.3 Å². The SMILES string of the molecule is COc1ccccc1NC(=O)NC1CC(N(CC(=O)O)CC2CC2)C1. The van der Waals surface area contributed by atoms with Crippen LogP contribution in [0, 0.1) is 5.92 Å². The number of nitrogens with one attached hydrogen (secondary N) is 2. The molecule has 3 rings (SSSR count). The number of methoxy groups -OCH3 is 1. The largest absolute Gasteiger partial charge is 0.495 e. The smallest absolute Gasteiger partial charge is 0.319 e. The number of amides is 2. The van der Waals surface area contributed by atoms with Gasteiger partial charge in [-0.1, -0.05) is 12.1 Å². The summed E-state index contributed by atoms with van der Waals surface area (Å²) in [4.78, 5) is 25.2. The highest BCUT2D eigenvalue weighted by Gasteiger charge is 2.37. The van der Waals surface area contributed by atoms with Crippen LogP contribution in [-0.4, -0.2) is 54.3 Å². The van der Waals surface area contributed by atoms with Crippen LogP contribution < -0.4 is 15.4 Å². The van der Waals surface area contributed by atoms with Gasteiger partial charge in [-0.3, -0.25) is 9.69 Å². The second-order valence-corrected chi connectivity index (χ2v) is 6.89. The number of hydrogen-bond acceptors (Lipinski definition) is 4. The third kappa shape index (κ3) is 4.85. The fourth-order valence-corrected chi connectivity index (χ4v) is 3.24. The van der Waals surface area contributed by atoms with Gasteiger partial charge in [0.25, 0.3) is 0 Å². The van der Waals surface area contributed by atoms with Crippen molar-refractivity contribution in [2.45, 2.75) is 37.8 Å². The number of rotatable bonds is 8. The first kappa shape index (κ1) is 17.5. The number of benzene rings is 1. The maximum atomic E-state index is 12.1. The van der Waals surface area contributed by atoms with Gasteiger partial charge in [0.2, 0.25) is 0 Å². The number of hydrogen-bond donors (Lipinski definition) is 3. The number of carbonyl (C=O) groups is 2. The quantitative estimate of drug-likeness (QED) is 0.670. The van der Waals surface area contributed by atoms with E-state index in [1.165, 1.54) is 12.8 Å². The summed E-state index contributed by atoms with van der Waals surface area (Å²) >= 11 is 0. The van der Waals surface area contributed by atoms with Crippen molar-refractivity contribution in [1.29, 1.82) is 0 Å². The number of nitrogens with zero attached hydrogens (tertiary/aromatic N) is 1. The molecule has 25 heavy (non-hydrogen) atoms. The van der Waals surface area contributed by atoms with Crippen molar-refractivity contribution in [1.82, 2.24) is 10.2 Å². The number of carboxylic acid groups (broad SMARTS) is 1. The number of urea groups is 1. The van der Waals surface area contributed by atoms with Crippen molar-refractivity contribution < 1.29 is 19.4 Å². The summed E-state index contributed by atoms with van der Waals surface area (Å²) < 4.78 is 5.22. The molecule has 0 bridgehead atoms. The molecular weight excluding hydrogens is 322 g/mol. The van der Waals surface area contributed by atoms with E-state index in [1.807, 2.05) is 12.1 Å². The second kappa shape index (κ2) is 7.74. The van der Waals surface area contributed by atoms with E-state index in [0.717, 1.165) is 19.4 Å². The van der Waals surface area contributed by atoms with Crippen LogP contribution in [0.5, 0.6) is 5.75 Å². The number of aliphatic carboxylic acids is 1. The monoisotopic (exact) mass is 347 g/mol. The molecule has 0 atom stereocenters. The Hall–Kier alpha value is -2.28. The van der Waals surface area contributed by atoms with E-state index in [2.05, 4.69) is 15.5 Å². The Morgan fingerprint density at radius 2 is 2.00 bits per heavy atom. The van der Waals surface area contributed by atoms with Crippen LogP contribution in [0.2, 0.25) is 0 Å². The first-order valence-electron chi connectivity index (χ1n) is 8.71. The molecule has 0 spiro atoms. The Labute approximate surface area is 147 Å². The van der Waals surface area contributed by atoms with Gasteiger partial charge in [0.05, 0.1) is 19.3 Å². The Morgan fingerprint density at radius 3 is 2.64 bits per heavy atom. The lowest BCUT2D eigenvalue weighted by atomic mass is 9.85. The van der Waals surface area contributed by atoms with E-state index < -0.39 is 5.97 Å². The van der Waals surface area contributed by atoms with Crippen LogP contribution in [0.25, 0.3) is 0 Å². The molecule has 3 N–H and O–H groups in total. The van der Waals surface area contributed by atoms with E-state index in [1.54, 1.807) is 19.2 Å². The lowest BCUT2D eigenvalue weighted by molar-refractivity contribution is -0.139. The van der Waals surface area contributed by atoms with Crippen molar-refractivity contribution in [3.8, 4) is 5.75 Å². The minimum atomic E-state index is -0.786. The number of carbonyl (C=O) groups excluding carboxylic acids is 1. The van der Waals surface area contributed by atoms with Gasteiger partial charge >= 0.3 is 12.0 Å². The Bertz CT molecular complexity index is 627. The fraction of sp³-hybridized carbons (Fsp3) is 0.556. The first-order valence-corrected chi connectivity index (χ1v) is 8.71. The standard InChI is InChI=1S/C18H25N3O4/c1-25-16-5-3-2-4-15(16)20-18(24)19-13-8-14(9-13)21(11-17(22)23)10-12-6-7-12/h2-5,12-14H,6-11H2,1H3,(H,22,23)(H2,19,20,24). The van der Waals surface area contributed by atoms with Gasteiger partial charge < -0.3 is 20.5 Å². The van der Waals surface area contributed by atoms with Crippen LogP contribution in [-0.2, 0) is 4.79 Å². The van der Waals surface area contributed by atoms with E-state index in [4.69, 9.17) is 9.84 Å². The molecule has 1 aromatic carbocycles. The molecule has 2 saturated carbocycles. The third-order valence-electron chi connectivity index (χ3n) is 4.85. The van der Waals surface area contributed by atoms with Gasteiger partial charge in [0.15, 0.2) is 0 Å². The van der Waals surface area contributed by atoms with Crippen LogP contribution in [0.1, 0.15) is 25.7 Å². The van der Waals surface area contributed by atoms with Gasteiger partial charge in [0.1, 0.15) is 5.75 Å². The number of anilines is 1. The summed E-state index contributed by atoms with van der Waals surface area (Å²) in [6.07, 6.45) is 3.98. The Kier molecular flexibility index (Phi) is 5.43. The predicted molar refractivity (Wildman–Crippen MR) is 93.9 cm³/mol. The highest BCUT2D eigenvalue weighted by Crippen LogP contribution is 2.33. The Morgan fingerprint density at radius 1 is 1.28 bits per heavy atom. The molecule has 0 aliphatic heterocycles. The van der Waals surface area contributed by atoms with Gasteiger partial charge in [0, 0.05) is 18.6 Å². The van der Waals surface area contributed by atoms with Crippen LogP contribution in [0.3, 0.4) is 0 Å². The van der Waals surface area contributed by atoms with E-state index >= 15 is 0 Å². The van der Waals surface area contributed by atoms with Crippen LogP contribution >= 0.6 is 0 Å². The molecule has 0 unspecified atom stereocenters. The summed E-state index contributed by atoms with van der Waals surface area (Å²) in [7, 11) is 1.56. The van der Waals surface area contributed by atoms with Crippen LogP contribution in [0.15, 0.2) is 24.3 Å². The van der Waals surface area contributed by atoms with E-state index in [-0.39, 0.29) is 24.7 Å². The number of carboxylic acids is 1. The molecule has 2 aliphatic carbocycles. The summed E-state index contributed by atoms with van der Waals surface area (Å²) in [5, 5.41) is 14.8. The van der Waals surface area contributed by atoms with Gasteiger partial charge in [-0.2, -0.15) is 0 Å². The van der Waals surface area contributed by atoms with Crippen molar-refractivity contribution in [2.24, 2.45) is 5.92 Å². The highest BCUT2D eigenvalue weighted by molar-refractivity contribution is 5.91. The average molecular weight is 347 g/mol. The molecule has 0 saturated heterocycles. The predicted octanol–water partition coefficient (Wildman–Crippen LogP) is 2.14.